The molecule has 0 saturated heterocycles. The van der Waals surface area contributed by atoms with Crippen molar-refractivity contribution in [1.29, 1.82) is 0 Å². The van der Waals surface area contributed by atoms with Gasteiger partial charge in [-0.2, -0.15) is 0 Å². The molecule has 14 heavy (non-hydrogen) atoms. The van der Waals surface area contributed by atoms with E-state index in [4.69, 9.17) is 0 Å². The highest BCUT2D eigenvalue weighted by molar-refractivity contribution is 5.94. The second-order valence-corrected chi connectivity index (χ2v) is 3.00. The summed E-state index contributed by atoms with van der Waals surface area (Å²) in [5, 5.41) is 2.80. The number of hydrogen-bond acceptors (Lipinski definition) is 1. The van der Waals surface area contributed by atoms with Gasteiger partial charge in [0.2, 0.25) is 0 Å². The number of nitrogens with one attached hydrogen (secondary N) is 1. The van der Waals surface area contributed by atoms with Crippen molar-refractivity contribution >= 4 is 5.91 Å². The lowest BCUT2D eigenvalue weighted by molar-refractivity contribution is 0.0947. The minimum absolute atomic E-state index is 0.0415. The first-order valence-electron chi connectivity index (χ1n) is 4.46. The molecule has 0 heterocycles. The fraction of sp³-hybridized carbons (Fsp3) is 0.167. The number of rotatable bonds is 3. The summed E-state index contributed by atoms with van der Waals surface area (Å²) in [4.78, 5) is 11.6. The highest BCUT2D eigenvalue weighted by Gasteiger charge is 2.05. The van der Waals surface area contributed by atoms with Gasteiger partial charge in [-0.1, -0.05) is 24.8 Å². The molecule has 0 aliphatic carbocycles. The van der Waals surface area contributed by atoms with E-state index in [-0.39, 0.29) is 11.9 Å². The van der Waals surface area contributed by atoms with E-state index in [1.165, 1.54) is 0 Å². The van der Waals surface area contributed by atoms with Crippen LogP contribution >= 0.6 is 0 Å². The molecule has 0 aliphatic heterocycles. The van der Waals surface area contributed by atoms with Crippen molar-refractivity contribution in [1.82, 2.24) is 5.32 Å². The second-order valence-electron chi connectivity index (χ2n) is 3.00. The van der Waals surface area contributed by atoms with E-state index in [0.29, 0.717) is 5.56 Å². The standard InChI is InChI=1S/C12H13NO/c1-3-7-10(2)13-12(14)11-8-5-4-6-9-11/h4-10H,1H2,2H3,(H,13,14)/t10-/m0/s1. The number of hydrogen-bond donors (Lipinski definition) is 1. The molecular weight excluding hydrogens is 174 g/mol. The van der Waals surface area contributed by atoms with Crippen molar-refractivity contribution in [2.24, 2.45) is 0 Å². The molecule has 0 fully saturated rings. The Bertz CT molecular complexity index is 350. The SMILES string of the molecule is C=C=C[C@H](C)NC(=O)c1ccccc1. The molecule has 1 aromatic rings. The van der Waals surface area contributed by atoms with Gasteiger partial charge in [0.15, 0.2) is 0 Å². The molecular formula is C12H13NO. The Morgan fingerprint density at radius 3 is 2.71 bits per heavy atom. The topological polar surface area (TPSA) is 29.1 Å². The van der Waals surface area contributed by atoms with Crippen molar-refractivity contribution in [2.75, 3.05) is 0 Å². The van der Waals surface area contributed by atoms with Gasteiger partial charge in [-0.15, -0.1) is 5.73 Å². The molecule has 0 unspecified atom stereocenters. The highest BCUT2D eigenvalue weighted by Crippen LogP contribution is 1.98. The van der Waals surface area contributed by atoms with E-state index >= 15 is 0 Å². The third-order valence-electron chi connectivity index (χ3n) is 1.76. The molecule has 2 heteroatoms. The van der Waals surface area contributed by atoms with Gasteiger partial charge < -0.3 is 5.32 Å². The second kappa shape index (κ2) is 5.05. The predicted molar refractivity (Wildman–Crippen MR) is 57.1 cm³/mol. The van der Waals surface area contributed by atoms with Crippen molar-refractivity contribution in [2.45, 2.75) is 13.0 Å². The van der Waals surface area contributed by atoms with E-state index < -0.39 is 0 Å². The molecule has 1 rings (SSSR count). The Balaban J connectivity index is 2.64. The average molecular weight is 187 g/mol. The largest absolute Gasteiger partial charge is 0.346 e. The quantitative estimate of drug-likeness (QED) is 0.722. The van der Waals surface area contributed by atoms with Crippen LogP contribution in [0, 0.1) is 0 Å². The minimum Gasteiger partial charge on any atom is -0.346 e. The Hall–Kier alpha value is -1.79. The predicted octanol–water partition coefficient (Wildman–Crippen LogP) is 2.15. The van der Waals surface area contributed by atoms with Crippen LogP contribution in [0.5, 0.6) is 0 Å². The van der Waals surface area contributed by atoms with Crippen molar-refractivity contribution < 1.29 is 4.79 Å². The molecule has 1 aromatic carbocycles. The van der Waals surface area contributed by atoms with E-state index in [9.17, 15) is 4.79 Å². The summed E-state index contributed by atoms with van der Waals surface area (Å²) < 4.78 is 0. The Morgan fingerprint density at radius 1 is 1.50 bits per heavy atom. The average Bonchev–Trinajstić information content (AvgIpc) is 2.19. The Kier molecular flexibility index (Phi) is 3.71. The van der Waals surface area contributed by atoms with E-state index in [0.717, 1.165) is 0 Å². The van der Waals surface area contributed by atoms with Crippen molar-refractivity contribution in [3.8, 4) is 0 Å². The van der Waals surface area contributed by atoms with Gasteiger partial charge in [-0.3, -0.25) is 4.79 Å². The van der Waals surface area contributed by atoms with Crippen LogP contribution in [0.3, 0.4) is 0 Å². The third-order valence-corrected chi connectivity index (χ3v) is 1.76. The van der Waals surface area contributed by atoms with Gasteiger partial charge in [0.25, 0.3) is 5.91 Å². The number of carbonyl (C=O) groups is 1. The molecule has 0 saturated carbocycles. The van der Waals surface area contributed by atoms with Gasteiger partial charge >= 0.3 is 0 Å². The number of carbonyl (C=O) groups excluding carboxylic acids is 1. The van der Waals surface area contributed by atoms with Gasteiger partial charge in [0, 0.05) is 5.56 Å². The molecule has 0 aromatic heterocycles. The molecule has 0 spiro atoms. The molecule has 0 aliphatic rings. The van der Waals surface area contributed by atoms with Gasteiger partial charge in [0.1, 0.15) is 0 Å². The van der Waals surface area contributed by atoms with Gasteiger partial charge in [-0.25, -0.2) is 0 Å². The molecule has 0 bridgehead atoms. The molecule has 0 radical (unpaired) electrons. The third kappa shape index (κ3) is 2.92. The monoisotopic (exact) mass is 187 g/mol. The van der Waals surface area contributed by atoms with Crippen LogP contribution < -0.4 is 5.32 Å². The molecule has 1 N–H and O–H groups in total. The summed E-state index contributed by atoms with van der Waals surface area (Å²) in [5.41, 5.74) is 3.30. The molecule has 1 atom stereocenters. The molecule has 1 amide bonds. The van der Waals surface area contributed by atoms with Crippen molar-refractivity contribution in [3.05, 3.63) is 54.3 Å². The van der Waals surface area contributed by atoms with Crippen molar-refractivity contribution in [3.63, 3.8) is 0 Å². The van der Waals surface area contributed by atoms with Crippen LogP contribution in [0.15, 0.2) is 48.7 Å². The van der Waals surface area contributed by atoms with Crippen LogP contribution in [0.25, 0.3) is 0 Å². The van der Waals surface area contributed by atoms with Crippen LogP contribution in [0.2, 0.25) is 0 Å². The van der Waals surface area contributed by atoms with E-state index in [1.807, 2.05) is 25.1 Å². The molecule has 72 valence electrons. The summed E-state index contributed by atoms with van der Waals surface area (Å²) in [7, 11) is 0. The highest BCUT2D eigenvalue weighted by atomic mass is 16.1. The Morgan fingerprint density at radius 2 is 2.14 bits per heavy atom. The minimum atomic E-state index is -0.0791. The summed E-state index contributed by atoms with van der Waals surface area (Å²) in [6.07, 6.45) is 1.71. The fourth-order valence-corrected chi connectivity index (χ4v) is 1.10. The maximum atomic E-state index is 11.6. The zero-order valence-corrected chi connectivity index (χ0v) is 8.16. The zero-order valence-electron chi connectivity index (χ0n) is 8.16. The van der Waals surface area contributed by atoms with E-state index in [1.54, 1.807) is 18.2 Å². The first-order chi connectivity index (χ1) is 6.74. The maximum Gasteiger partial charge on any atom is 0.251 e. The first-order valence-corrected chi connectivity index (χ1v) is 4.46. The first kappa shape index (κ1) is 10.3. The lowest BCUT2D eigenvalue weighted by Gasteiger charge is -2.08. The van der Waals surface area contributed by atoms with Crippen LogP contribution in [-0.4, -0.2) is 11.9 Å². The zero-order chi connectivity index (χ0) is 10.4. The lowest BCUT2D eigenvalue weighted by atomic mass is 10.2. The normalized spacial score (nSPS) is 11.2. The van der Waals surface area contributed by atoms with Gasteiger partial charge in [0.05, 0.1) is 6.04 Å². The molecule has 2 nitrogen and oxygen atoms in total. The summed E-state index contributed by atoms with van der Waals surface area (Å²) in [5.74, 6) is -0.0791. The summed E-state index contributed by atoms with van der Waals surface area (Å²) in [6, 6.07) is 9.06. The maximum absolute atomic E-state index is 11.6. The number of benzene rings is 1. The van der Waals surface area contributed by atoms with Crippen LogP contribution in [-0.2, 0) is 0 Å². The lowest BCUT2D eigenvalue weighted by Crippen LogP contribution is -2.30. The Labute approximate surface area is 84.0 Å². The van der Waals surface area contributed by atoms with Crippen LogP contribution in [0.4, 0.5) is 0 Å². The van der Waals surface area contributed by atoms with Crippen LogP contribution in [0.1, 0.15) is 17.3 Å². The smallest absolute Gasteiger partial charge is 0.251 e. The number of amides is 1. The summed E-state index contributed by atoms with van der Waals surface area (Å²) >= 11 is 0. The van der Waals surface area contributed by atoms with Gasteiger partial charge in [-0.05, 0) is 25.1 Å². The van der Waals surface area contributed by atoms with E-state index in [2.05, 4.69) is 17.6 Å². The fourth-order valence-electron chi connectivity index (χ4n) is 1.10. The summed E-state index contributed by atoms with van der Waals surface area (Å²) in [6.45, 7) is 5.32.